The van der Waals surface area contributed by atoms with E-state index in [1.54, 1.807) is 6.92 Å². The van der Waals surface area contributed by atoms with E-state index in [4.69, 9.17) is 4.42 Å². The third-order valence-corrected chi connectivity index (χ3v) is 3.44. The summed E-state index contributed by atoms with van der Waals surface area (Å²) >= 11 is 0.615. The first kappa shape index (κ1) is 15.8. The van der Waals surface area contributed by atoms with E-state index in [-0.39, 0.29) is 17.3 Å². The van der Waals surface area contributed by atoms with Gasteiger partial charge in [0.15, 0.2) is 0 Å². The topological polar surface area (TPSA) is 120 Å². The molecule has 0 aromatic carbocycles. The van der Waals surface area contributed by atoms with Crippen LogP contribution in [0.2, 0.25) is 0 Å². The minimum Gasteiger partial charge on any atom is -0.465 e. The highest BCUT2D eigenvalue weighted by molar-refractivity contribution is 8.18. The van der Waals surface area contributed by atoms with Crippen LogP contribution in [0.25, 0.3) is 6.08 Å². The molecular weight excluding hydrogens is 316 g/mol. The third-order valence-electron chi connectivity index (χ3n) is 2.53. The number of hydrogen-bond donors (Lipinski definition) is 0. The summed E-state index contributed by atoms with van der Waals surface area (Å²) in [5.41, 5.74) is 0. The van der Waals surface area contributed by atoms with Crippen molar-refractivity contribution in [1.29, 1.82) is 0 Å². The Balaban J connectivity index is 2.14. The van der Waals surface area contributed by atoms with E-state index in [9.17, 15) is 24.5 Å². The Morgan fingerprint density at radius 2 is 2.23 bits per heavy atom. The third kappa shape index (κ3) is 3.34. The Bertz CT molecular complexity index is 679. The van der Waals surface area contributed by atoms with E-state index < -0.39 is 34.5 Å². The lowest BCUT2D eigenvalue weighted by Gasteiger charge is -2.10. The van der Waals surface area contributed by atoms with E-state index in [0.29, 0.717) is 11.8 Å². The number of amides is 2. The van der Waals surface area contributed by atoms with Crippen LogP contribution < -0.4 is 0 Å². The predicted molar refractivity (Wildman–Crippen MR) is 74.7 cm³/mol. The van der Waals surface area contributed by atoms with Crippen LogP contribution in [0, 0.1) is 10.1 Å². The normalized spacial score (nSPS) is 16.4. The molecule has 1 aliphatic rings. The van der Waals surface area contributed by atoms with Gasteiger partial charge in [0, 0.05) is 6.08 Å². The number of furan rings is 1. The van der Waals surface area contributed by atoms with Gasteiger partial charge in [-0.05, 0) is 24.8 Å². The lowest BCUT2D eigenvalue weighted by atomic mass is 10.3. The van der Waals surface area contributed by atoms with E-state index in [1.165, 1.54) is 12.1 Å². The summed E-state index contributed by atoms with van der Waals surface area (Å²) < 4.78 is 9.56. The largest absolute Gasteiger partial charge is 0.465 e. The monoisotopic (exact) mass is 326 g/mol. The molecule has 0 N–H and O–H groups in total. The second-order valence-corrected chi connectivity index (χ2v) is 5.00. The standard InChI is InChI=1S/C12H10N2O7S/c1-2-20-10(15)6-13-11(16)8(22-12(13)17)5-7-3-4-9(21-7)14(18)19/h3-5H,2,6H2,1H3. The Kier molecular flexibility index (Phi) is 4.61. The molecule has 2 rings (SSSR count). The fraction of sp³-hybridized carbons (Fsp3) is 0.250. The molecule has 0 radical (unpaired) electrons. The van der Waals surface area contributed by atoms with E-state index in [2.05, 4.69) is 4.74 Å². The maximum atomic E-state index is 12.0. The maximum absolute atomic E-state index is 12.0. The average Bonchev–Trinajstić information content (AvgIpc) is 3.01. The first-order valence-corrected chi connectivity index (χ1v) is 6.89. The summed E-state index contributed by atoms with van der Waals surface area (Å²) in [6, 6.07) is 2.44. The summed E-state index contributed by atoms with van der Waals surface area (Å²) in [5, 5.41) is 9.89. The Morgan fingerprint density at radius 3 is 2.82 bits per heavy atom. The van der Waals surface area contributed by atoms with E-state index >= 15 is 0 Å². The van der Waals surface area contributed by atoms with Crippen molar-refractivity contribution in [2.75, 3.05) is 13.2 Å². The van der Waals surface area contributed by atoms with Crippen LogP contribution in [-0.4, -0.2) is 40.1 Å². The van der Waals surface area contributed by atoms with Crippen LogP contribution in [-0.2, 0) is 14.3 Å². The average molecular weight is 326 g/mol. The smallest absolute Gasteiger partial charge is 0.433 e. The highest BCUT2D eigenvalue weighted by atomic mass is 32.2. The second kappa shape index (κ2) is 6.43. The summed E-state index contributed by atoms with van der Waals surface area (Å²) in [5.74, 6) is -1.79. The molecular formula is C12H10N2O7S. The second-order valence-electron chi connectivity index (χ2n) is 4.01. The number of nitrogens with zero attached hydrogens (tertiary/aromatic N) is 2. The molecule has 9 nitrogen and oxygen atoms in total. The van der Waals surface area contributed by atoms with Crippen LogP contribution in [0.15, 0.2) is 21.5 Å². The molecule has 0 saturated carbocycles. The molecule has 1 aromatic rings. The minimum absolute atomic E-state index is 0.0125. The molecule has 2 heterocycles. The number of hydrogen-bond acceptors (Lipinski definition) is 8. The zero-order chi connectivity index (χ0) is 16.3. The molecule has 0 unspecified atom stereocenters. The highest BCUT2D eigenvalue weighted by Crippen LogP contribution is 2.32. The molecule has 22 heavy (non-hydrogen) atoms. The van der Waals surface area contributed by atoms with Gasteiger partial charge in [0.2, 0.25) is 0 Å². The molecule has 1 saturated heterocycles. The van der Waals surface area contributed by atoms with Crippen LogP contribution in [0.1, 0.15) is 12.7 Å². The van der Waals surface area contributed by atoms with Gasteiger partial charge in [-0.1, -0.05) is 0 Å². The summed E-state index contributed by atoms with van der Waals surface area (Å²) in [6.07, 6.45) is 1.21. The number of imide groups is 1. The van der Waals surface area contributed by atoms with Crippen molar-refractivity contribution in [3.8, 4) is 0 Å². The van der Waals surface area contributed by atoms with Crippen LogP contribution in [0.3, 0.4) is 0 Å². The minimum atomic E-state index is -0.718. The molecule has 0 aliphatic carbocycles. The molecule has 10 heteroatoms. The first-order chi connectivity index (χ1) is 10.4. The number of ether oxygens (including phenoxy) is 1. The number of rotatable bonds is 5. The summed E-state index contributed by atoms with van der Waals surface area (Å²) in [6.45, 7) is 1.27. The molecule has 0 atom stereocenters. The van der Waals surface area contributed by atoms with Crippen LogP contribution >= 0.6 is 11.8 Å². The van der Waals surface area contributed by atoms with Gasteiger partial charge in [0.05, 0.1) is 17.6 Å². The number of nitro groups is 1. The van der Waals surface area contributed by atoms with Gasteiger partial charge < -0.3 is 9.15 Å². The first-order valence-electron chi connectivity index (χ1n) is 6.07. The van der Waals surface area contributed by atoms with Gasteiger partial charge >= 0.3 is 11.9 Å². The van der Waals surface area contributed by atoms with Gasteiger partial charge in [-0.2, -0.15) is 0 Å². The number of thioether (sulfide) groups is 1. The summed E-state index contributed by atoms with van der Waals surface area (Å²) in [7, 11) is 0. The van der Waals surface area contributed by atoms with Crippen molar-refractivity contribution < 1.29 is 28.5 Å². The van der Waals surface area contributed by atoms with Gasteiger partial charge in [0.1, 0.15) is 17.2 Å². The number of esters is 1. The maximum Gasteiger partial charge on any atom is 0.433 e. The Morgan fingerprint density at radius 1 is 1.50 bits per heavy atom. The Hall–Kier alpha value is -2.62. The Labute approximate surface area is 128 Å². The zero-order valence-corrected chi connectivity index (χ0v) is 12.1. The van der Waals surface area contributed by atoms with E-state index in [0.717, 1.165) is 11.0 Å². The van der Waals surface area contributed by atoms with Crippen molar-refractivity contribution in [2.24, 2.45) is 0 Å². The summed E-state index contributed by atoms with van der Waals surface area (Å²) in [4.78, 5) is 45.6. The fourth-order valence-corrected chi connectivity index (χ4v) is 2.44. The van der Waals surface area contributed by atoms with Gasteiger partial charge in [-0.3, -0.25) is 29.4 Å². The van der Waals surface area contributed by atoms with Crippen molar-refractivity contribution in [1.82, 2.24) is 4.90 Å². The van der Waals surface area contributed by atoms with Crippen molar-refractivity contribution in [3.05, 3.63) is 32.9 Å². The van der Waals surface area contributed by atoms with Crippen molar-refractivity contribution >= 4 is 40.8 Å². The van der Waals surface area contributed by atoms with Crippen LogP contribution in [0.5, 0.6) is 0 Å². The van der Waals surface area contributed by atoms with Gasteiger partial charge in [-0.25, -0.2) is 0 Å². The molecule has 1 aliphatic heterocycles. The van der Waals surface area contributed by atoms with Gasteiger partial charge in [-0.15, -0.1) is 0 Å². The molecule has 116 valence electrons. The molecule has 0 spiro atoms. The molecule has 1 fully saturated rings. The molecule has 1 aromatic heterocycles. The fourth-order valence-electron chi connectivity index (χ4n) is 1.62. The quantitative estimate of drug-likeness (QED) is 0.347. The molecule has 2 amide bonds. The lowest BCUT2D eigenvalue weighted by Crippen LogP contribution is -2.34. The van der Waals surface area contributed by atoms with Crippen LogP contribution in [0.4, 0.5) is 10.7 Å². The van der Waals surface area contributed by atoms with Crippen molar-refractivity contribution in [2.45, 2.75) is 6.92 Å². The number of carbonyl (C=O) groups is 3. The highest BCUT2D eigenvalue weighted by Gasteiger charge is 2.36. The van der Waals surface area contributed by atoms with Crippen molar-refractivity contribution in [3.63, 3.8) is 0 Å². The number of carbonyl (C=O) groups excluding carboxylic acids is 3. The predicted octanol–water partition coefficient (Wildman–Crippen LogP) is 1.79. The van der Waals surface area contributed by atoms with E-state index in [1.807, 2.05) is 0 Å². The molecule has 0 bridgehead atoms. The lowest BCUT2D eigenvalue weighted by molar-refractivity contribution is -0.402. The zero-order valence-electron chi connectivity index (χ0n) is 11.3. The SMILES string of the molecule is CCOC(=O)CN1C(=O)SC(=Cc2ccc([N+](=O)[O-])o2)C1=O. The van der Waals surface area contributed by atoms with Gasteiger partial charge in [0.25, 0.3) is 11.1 Å².